The fourth-order valence-corrected chi connectivity index (χ4v) is 14.0. The predicted octanol–water partition coefficient (Wildman–Crippen LogP) is 28.4. The topological polar surface area (TPSA) is 103 Å². The third kappa shape index (κ3) is 26.8. The third-order valence-corrected chi connectivity index (χ3v) is 18.4. The highest BCUT2D eigenvalue weighted by Gasteiger charge is 2.22. The van der Waals surface area contributed by atoms with Gasteiger partial charge in [-0.1, -0.05) is 262 Å². The van der Waals surface area contributed by atoms with Crippen molar-refractivity contribution in [3.05, 3.63) is 234 Å². The molecule has 0 aliphatic heterocycles. The maximum atomic E-state index is 13.4. The van der Waals surface area contributed by atoms with Gasteiger partial charge >= 0.3 is 0 Å². The van der Waals surface area contributed by atoms with E-state index in [0.717, 1.165) is 34.4 Å². The van der Waals surface area contributed by atoms with Crippen molar-refractivity contribution < 1.29 is 30.9 Å². The Morgan fingerprint density at radius 1 is 0.396 bits per heavy atom. The Bertz CT molecular complexity index is 3320. The van der Waals surface area contributed by atoms with Crippen LogP contribution in [-0.4, -0.2) is 19.6 Å². The van der Waals surface area contributed by atoms with Gasteiger partial charge in [0.15, 0.2) is 9.84 Å². The third-order valence-electron chi connectivity index (χ3n) is 12.9. The zero-order chi connectivity index (χ0) is 69.9. The number of nitro groups is 1. The van der Waals surface area contributed by atoms with Crippen LogP contribution in [0.3, 0.4) is 0 Å². The Morgan fingerprint density at radius 2 is 0.714 bits per heavy atom. The molecule has 0 atom stereocenters. The monoisotopic (exact) mass is 1520 g/mol. The molecule has 0 heterocycles. The first-order valence-corrected chi connectivity index (χ1v) is 34.6. The number of rotatable bonds is 10. The van der Waals surface area contributed by atoms with E-state index in [1.165, 1.54) is 24.5 Å². The van der Waals surface area contributed by atoms with Crippen molar-refractivity contribution in [2.24, 2.45) is 0 Å². The van der Waals surface area contributed by atoms with Crippen LogP contribution in [-0.2, 0) is 15.6 Å². The van der Waals surface area contributed by atoms with E-state index < -0.39 is 26.4 Å². The van der Waals surface area contributed by atoms with Crippen molar-refractivity contribution in [1.82, 2.24) is 0 Å². The van der Waals surface area contributed by atoms with Crippen LogP contribution in [0, 0.1) is 47.2 Å². The van der Waals surface area contributed by atoms with E-state index >= 15 is 0 Å². The molecule has 7 rings (SSSR count). The molecule has 2 N–H and O–H groups in total. The first-order chi connectivity index (χ1) is 41.4. The molecule has 0 aliphatic rings. The summed E-state index contributed by atoms with van der Waals surface area (Å²) in [5.41, 5.74) is 13.1. The van der Waals surface area contributed by atoms with Crippen LogP contribution in [0.25, 0.3) is 0 Å². The van der Waals surface area contributed by atoms with E-state index in [1.54, 1.807) is 75.4 Å². The van der Waals surface area contributed by atoms with Gasteiger partial charge in [-0.2, -0.15) is 0 Å². The summed E-state index contributed by atoms with van der Waals surface area (Å²) in [4.78, 5) is 10.1. The number of anilines is 1. The normalized spacial score (nSPS) is 10.9. The second kappa shape index (κ2) is 40.4. The second-order valence-corrected chi connectivity index (χ2v) is 29.6. The van der Waals surface area contributed by atoms with Crippen LogP contribution in [0.1, 0.15) is 201 Å². The van der Waals surface area contributed by atoms with E-state index in [0.29, 0.717) is 95.6 Å². The van der Waals surface area contributed by atoms with Crippen molar-refractivity contribution in [2.45, 2.75) is 165 Å². The van der Waals surface area contributed by atoms with Crippen molar-refractivity contribution in [3.63, 3.8) is 0 Å². The molecule has 7 aromatic rings. The van der Waals surface area contributed by atoms with Gasteiger partial charge < -0.3 is 5.73 Å². The number of hydrogen-bond acceptors (Lipinski definition) is 5. The minimum absolute atomic E-state index is 0. The maximum Gasteiger partial charge on any atom is 0.288 e. The van der Waals surface area contributed by atoms with Gasteiger partial charge in [-0.05, 0) is 155 Å². The summed E-state index contributed by atoms with van der Waals surface area (Å²) in [6, 6.07) is 21.9. The van der Waals surface area contributed by atoms with Gasteiger partial charge in [-0.25, -0.2) is 26.0 Å². The molecular weight excluding hydrogens is 1440 g/mol. The first kappa shape index (κ1) is 87.9. The van der Waals surface area contributed by atoms with E-state index in [-0.39, 0.29) is 75.7 Å². The van der Waals surface area contributed by atoms with E-state index in [9.17, 15) is 36.1 Å². The molecule has 0 saturated heterocycles. The highest BCUT2D eigenvalue weighted by molar-refractivity contribution is 7.89. The molecule has 0 amide bonds. The van der Waals surface area contributed by atoms with Crippen LogP contribution in [0.2, 0.25) is 60.3 Å². The lowest BCUT2D eigenvalue weighted by Gasteiger charge is -2.13. The molecule has 0 spiro atoms. The number of aryl methyl sites for hydroxylation is 2. The molecule has 0 radical (unpaired) electrons. The van der Waals surface area contributed by atoms with E-state index in [2.05, 4.69) is 0 Å². The van der Waals surface area contributed by atoms with Crippen LogP contribution in [0.5, 0.6) is 0 Å². The minimum atomic E-state index is -3.08. The van der Waals surface area contributed by atoms with Gasteiger partial charge in [-0.15, -0.1) is 0 Å². The average Bonchev–Trinajstić information content (AvgIpc) is 1.03. The molecule has 6 nitrogen and oxygen atoms in total. The Morgan fingerprint density at radius 3 is 1.09 bits per heavy atom. The molecule has 7 aromatic carbocycles. The van der Waals surface area contributed by atoms with Gasteiger partial charge in [0.05, 0.1) is 36.5 Å². The second-order valence-electron chi connectivity index (χ2n) is 22.7. The molecule has 0 saturated carbocycles. The summed E-state index contributed by atoms with van der Waals surface area (Å²) in [5.74, 6) is -0.450. The summed E-state index contributed by atoms with van der Waals surface area (Å²) >= 11 is 71.1. The molecule has 0 aliphatic carbocycles. The quantitative estimate of drug-likeness (QED) is 0.0483. The number of hydrogen-bond donors (Lipinski definition) is 1. The average molecular weight is 1520 g/mol. The summed E-state index contributed by atoms with van der Waals surface area (Å²) in [5, 5.41) is 16.3. The Labute approximate surface area is 597 Å². The zero-order valence-corrected chi connectivity index (χ0v) is 62.8. The minimum Gasteiger partial charge on any atom is -0.398 e. The molecule has 504 valence electrons. The van der Waals surface area contributed by atoms with Crippen molar-refractivity contribution in [1.29, 1.82) is 0 Å². The zero-order valence-electron chi connectivity index (χ0n) is 52.9. The van der Waals surface area contributed by atoms with Crippen molar-refractivity contribution in [2.75, 3.05) is 12.0 Å². The summed E-state index contributed by atoms with van der Waals surface area (Å²) in [7, 11) is -3.08. The lowest BCUT2D eigenvalue weighted by molar-refractivity contribution is -0.384. The van der Waals surface area contributed by atoms with Gasteiger partial charge in [0.25, 0.3) is 5.69 Å². The molecule has 91 heavy (non-hydrogen) atoms. The smallest absolute Gasteiger partial charge is 0.288 e. The highest BCUT2D eigenvalue weighted by Crippen LogP contribution is 2.40. The Hall–Kier alpha value is -3.11. The Balaban J connectivity index is 0.00000104. The molecule has 0 bridgehead atoms. The maximum absolute atomic E-state index is 13.4. The molecule has 0 fully saturated rings. The predicted molar refractivity (Wildman–Crippen MR) is 389 cm³/mol. The van der Waals surface area contributed by atoms with Gasteiger partial charge in [-0.3, -0.25) is 10.1 Å². The number of sulfone groups is 1. The summed E-state index contributed by atoms with van der Waals surface area (Å²) in [6.45, 7) is 30.7. The fourth-order valence-electron chi connectivity index (χ4n) is 8.44. The largest absolute Gasteiger partial charge is 0.398 e. The van der Waals surface area contributed by atoms with Gasteiger partial charge in [0.1, 0.15) is 28.3 Å². The van der Waals surface area contributed by atoms with E-state index in [4.69, 9.17) is 145 Å². The number of benzene rings is 7. The van der Waals surface area contributed by atoms with Crippen LogP contribution in [0.15, 0.2) is 84.9 Å². The molecular formula is C68H80Cl12F4N2O4S. The number of halogens is 16. The van der Waals surface area contributed by atoms with Crippen LogP contribution >= 0.6 is 139 Å². The number of nitrogen functional groups attached to an aromatic ring is 1. The highest BCUT2D eigenvalue weighted by atomic mass is 35.5. The fraction of sp³-hybridized carbons (Fsp3) is 0.382. The van der Waals surface area contributed by atoms with Crippen LogP contribution < -0.4 is 5.73 Å². The summed E-state index contributed by atoms with van der Waals surface area (Å²) < 4.78 is 74.9. The molecule has 23 heteroatoms. The SMILES string of the molecule is C.CC(C)c1c(Cl)ccc(CS(C)(=O)=O)c1Cl.CC(C)c1c(Cl)ccc(Cl)c1Cl.CC(C)c1c(Cl)ccc(N)c1Cl.CC(C)c1c(Cl)ccc([N+](=O)[O-])c1Cl.CC(C)c1c(F)ccc(F)c1Cl.Cc1ccc(Cl)c(C(C)C)c1F.Cc1ccc(F)c(C(C)C)c1Cl. The first-order valence-electron chi connectivity index (χ1n) is 28.0. The number of nitrogens with two attached hydrogens (primary N) is 1. The number of nitro benzene ring substituents is 1. The Kier molecular flexibility index (Phi) is 39.1. The standard InChI is InChI=1S/C11H14Cl2O2S.2C10H12ClF.C9H9Cl3.C9H9Cl2NO2.C9H11Cl2N.C9H9ClF2.CH4/c1-7(2)10-9(12)5-4-8(11(10)13)6-16(3,14)15;1-6(2)9-8(12)5-4-7(3)10(9)11;1-6(2)9-8(11)5-4-7(3)10(9)12;1-5(2)8-6(10)3-4-7(11)9(8)12;1-5(2)8-6(10)3-4-7(9(8)11)12(13)14;1-5(2)8-6(10)3-4-7(12)9(8)11;1-5(2)8-6(11)3-4-7(12)9(8)10;/h4-5,7H,6H2,1-3H3;2*4-6H,1-3H3;3-5H,1-2H3;3-5H,1-2H3;3-5H,12H2,1-2H3;3-5H,1-2H3;1H4. The van der Waals surface area contributed by atoms with Crippen molar-refractivity contribution >= 4 is 160 Å². The lowest BCUT2D eigenvalue weighted by atomic mass is 10.0. The van der Waals surface area contributed by atoms with Gasteiger partial charge in [0, 0.05) is 64.2 Å². The number of nitrogens with zero attached hydrogens (tertiary/aromatic N) is 1. The van der Waals surface area contributed by atoms with Gasteiger partial charge in [0.2, 0.25) is 0 Å². The molecule has 0 aromatic heterocycles. The molecule has 0 unspecified atom stereocenters. The van der Waals surface area contributed by atoms with Crippen LogP contribution in [0.4, 0.5) is 28.9 Å². The lowest BCUT2D eigenvalue weighted by Crippen LogP contribution is -2.03. The van der Waals surface area contributed by atoms with E-state index in [1.807, 2.05) is 90.0 Å². The summed E-state index contributed by atoms with van der Waals surface area (Å²) in [6.07, 6.45) is 1.19. The van der Waals surface area contributed by atoms with Crippen molar-refractivity contribution in [3.8, 4) is 0 Å².